The molecule has 122 valence electrons. The Bertz CT molecular complexity index is 771. The van der Waals surface area contributed by atoms with Crippen LogP contribution in [0.25, 0.3) is 0 Å². The molecule has 2 amide bonds. The van der Waals surface area contributed by atoms with Gasteiger partial charge in [-0.05, 0) is 43.3 Å². The third-order valence-corrected chi connectivity index (χ3v) is 3.64. The van der Waals surface area contributed by atoms with Crippen molar-refractivity contribution >= 4 is 23.2 Å². The molecule has 24 heavy (non-hydrogen) atoms. The van der Waals surface area contributed by atoms with Crippen LogP contribution in [0, 0.1) is 0 Å². The van der Waals surface area contributed by atoms with E-state index in [1.807, 2.05) is 24.1 Å². The second-order valence-corrected chi connectivity index (χ2v) is 5.40. The maximum atomic E-state index is 12.1. The normalized spacial score (nSPS) is 13.4. The van der Waals surface area contributed by atoms with E-state index in [9.17, 15) is 9.59 Å². The first-order chi connectivity index (χ1) is 11.6. The summed E-state index contributed by atoms with van der Waals surface area (Å²) in [7, 11) is 0. The molecule has 0 saturated carbocycles. The number of amides is 2. The van der Waals surface area contributed by atoms with E-state index >= 15 is 0 Å². The average Bonchev–Trinajstić information content (AvgIpc) is 3.06. The van der Waals surface area contributed by atoms with E-state index in [0.717, 1.165) is 24.4 Å². The van der Waals surface area contributed by atoms with Gasteiger partial charge in [0.15, 0.2) is 0 Å². The van der Waals surface area contributed by atoms with Crippen LogP contribution in [-0.2, 0) is 0 Å². The number of nitrogens with one attached hydrogen (secondary N) is 2. The largest absolute Gasteiger partial charge is 0.269 e. The van der Waals surface area contributed by atoms with Gasteiger partial charge in [-0.15, -0.1) is 0 Å². The van der Waals surface area contributed by atoms with Crippen molar-refractivity contribution in [2.45, 2.75) is 13.3 Å². The Kier molecular flexibility index (Phi) is 4.51. The lowest BCUT2D eigenvalue weighted by atomic mass is 10.2. The van der Waals surface area contributed by atoms with E-state index in [2.05, 4.69) is 20.9 Å². The molecule has 0 fully saturated rings. The number of hydrogen-bond acceptors (Lipinski definition) is 5. The van der Waals surface area contributed by atoms with E-state index in [0.29, 0.717) is 11.1 Å². The number of benzene rings is 1. The standard InChI is InChI=1S/C17H17N5O2/c1-12-8-11-22(21-12)15-4-2-13(3-5-15)16(23)19-20-17(24)14-6-9-18-10-7-14/h2-7,9-10H,8,11H2,1H3,(H,19,23)(H,20,24). The monoisotopic (exact) mass is 323 g/mol. The predicted octanol–water partition coefficient (Wildman–Crippen LogP) is 1.74. The Balaban J connectivity index is 1.58. The second-order valence-electron chi connectivity index (χ2n) is 5.40. The summed E-state index contributed by atoms with van der Waals surface area (Å²) in [5.74, 6) is -0.783. The molecule has 1 aromatic carbocycles. The lowest BCUT2D eigenvalue weighted by Crippen LogP contribution is -2.41. The molecular weight excluding hydrogens is 306 g/mol. The molecule has 0 unspecified atom stereocenters. The first kappa shape index (κ1) is 15.7. The quantitative estimate of drug-likeness (QED) is 0.843. The SMILES string of the molecule is CC1=NN(c2ccc(C(=O)NNC(=O)c3ccncc3)cc2)CC1. The van der Waals surface area contributed by atoms with Gasteiger partial charge >= 0.3 is 0 Å². The van der Waals surface area contributed by atoms with Gasteiger partial charge in [0.1, 0.15) is 0 Å². The Hall–Kier alpha value is -3.22. The fourth-order valence-corrected chi connectivity index (χ4v) is 2.31. The molecule has 7 nitrogen and oxygen atoms in total. The van der Waals surface area contributed by atoms with Crippen molar-refractivity contribution in [3.63, 3.8) is 0 Å². The van der Waals surface area contributed by atoms with Crippen molar-refractivity contribution in [1.29, 1.82) is 0 Å². The Labute approximate surface area is 139 Å². The summed E-state index contributed by atoms with van der Waals surface area (Å²) < 4.78 is 0. The number of hydrogen-bond donors (Lipinski definition) is 2. The molecule has 1 aliphatic rings. The number of hydrazone groups is 1. The van der Waals surface area contributed by atoms with Crippen molar-refractivity contribution in [3.05, 3.63) is 59.9 Å². The van der Waals surface area contributed by atoms with Crippen LogP contribution in [0.5, 0.6) is 0 Å². The summed E-state index contributed by atoms with van der Waals surface area (Å²) in [6.07, 6.45) is 3.97. The zero-order valence-electron chi connectivity index (χ0n) is 13.2. The van der Waals surface area contributed by atoms with Gasteiger partial charge < -0.3 is 0 Å². The first-order valence-corrected chi connectivity index (χ1v) is 7.56. The third kappa shape index (κ3) is 3.57. The summed E-state index contributed by atoms with van der Waals surface area (Å²) in [6.45, 7) is 2.84. The van der Waals surface area contributed by atoms with Crippen LogP contribution < -0.4 is 15.9 Å². The molecule has 2 heterocycles. The summed E-state index contributed by atoms with van der Waals surface area (Å²) in [5, 5.41) is 6.32. The van der Waals surface area contributed by atoms with E-state index in [4.69, 9.17) is 0 Å². The van der Waals surface area contributed by atoms with E-state index in [1.165, 1.54) is 12.4 Å². The molecule has 0 saturated heterocycles. The highest BCUT2D eigenvalue weighted by molar-refractivity contribution is 5.99. The number of carbonyl (C=O) groups excluding carboxylic acids is 2. The van der Waals surface area contributed by atoms with Gasteiger partial charge in [0.2, 0.25) is 0 Å². The smallest absolute Gasteiger partial charge is 0.267 e. The minimum Gasteiger partial charge on any atom is -0.267 e. The predicted molar refractivity (Wildman–Crippen MR) is 90.7 cm³/mol. The van der Waals surface area contributed by atoms with Crippen LogP contribution in [-0.4, -0.2) is 29.1 Å². The third-order valence-electron chi connectivity index (χ3n) is 3.64. The molecule has 3 rings (SSSR count). The molecule has 1 aromatic heterocycles. The lowest BCUT2D eigenvalue weighted by molar-refractivity contribution is 0.0846. The average molecular weight is 323 g/mol. The number of anilines is 1. The van der Waals surface area contributed by atoms with Gasteiger partial charge in [0, 0.05) is 42.2 Å². The summed E-state index contributed by atoms with van der Waals surface area (Å²) in [5.41, 5.74) is 7.67. The Morgan fingerprint density at radius 3 is 2.08 bits per heavy atom. The molecular formula is C17H17N5O2. The van der Waals surface area contributed by atoms with Gasteiger partial charge in [-0.2, -0.15) is 5.10 Å². The molecule has 2 N–H and O–H groups in total. The fourth-order valence-electron chi connectivity index (χ4n) is 2.31. The van der Waals surface area contributed by atoms with Crippen molar-refractivity contribution in [3.8, 4) is 0 Å². The zero-order valence-corrected chi connectivity index (χ0v) is 13.2. The molecule has 0 spiro atoms. The molecule has 2 aromatic rings. The molecule has 0 aliphatic carbocycles. The zero-order chi connectivity index (χ0) is 16.9. The molecule has 1 aliphatic heterocycles. The van der Waals surface area contributed by atoms with Crippen molar-refractivity contribution in [2.75, 3.05) is 11.6 Å². The van der Waals surface area contributed by atoms with Crippen LogP contribution >= 0.6 is 0 Å². The number of hydrazine groups is 1. The summed E-state index contributed by atoms with van der Waals surface area (Å²) in [4.78, 5) is 27.8. The Morgan fingerprint density at radius 2 is 1.54 bits per heavy atom. The maximum absolute atomic E-state index is 12.1. The van der Waals surface area contributed by atoms with Crippen molar-refractivity contribution in [2.24, 2.45) is 5.10 Å². The molecule has 0 atom stereocenters. The number of nitrogens with zero attached hydrogens (tertiary/aromatic N) is 3. The van der Waals surface area contributed by atoms with Crippen LogP contribution in [0.15, 0.2) is 53.9 Å². The highest BCUT2D eigenvalue weighted by Gasteiger charge is 2.14. The van der Waals surface area contributed by atoms with E-state index < -0.39 is 5.91 Å². The summed E-state index contributed by atoms with van der Waals surface area (Å²) >= 11 is 0. The van der Waals surface area contributed by atoms with E-state index in [1.54, 1.807) is 24.3 Å². The van der Waals surface area contributed by atoms with Gasteiger partial charge in [-0.25, -0.2) is 0 Å². The van der Waals surface area contributed by atoms with Gasteiger partial charge in [0.05, 0.1) is 5.69 Å². The number of rotatable bonds is 3. The van der Waals surface area contributed by atoms with Crippen LogP contribution in [0.1, 0.15) is 34.1 Å². The van der Waals surface area contributed by atoms with Crippen molar-refractivity contribution < 1.29 is 9.59 Å². The molecule has 0 radical (unpaired) electrons. The summed E-state index contributed by atoms with van der Waals surface area (Å²) in [6, 6.07) is 10.2. The lowest BCUT2D eigenvalue weighted by Gasteiger charge is -2.14. The topological polar surface area (TPSA) is 86.7 Å². The fraction of sp³-hybridized carbons (Fsp3) is 0.176. The maximum Gasteiger partial charge on any atom is 0.269 e. The van der Waals surface area contributed by atoms with Gasteiger partial charge in [-0.1, -0.05) is 0 Å². The van der Waals surface area contributed by atoms with E-state index in [-0.39, 0.29) is 5.91 Å². The highest BCUT2D eigenvalue weighted by atomic mass is 16.2. The number of aromatic nitrogens is 1. The number of carbonyl (C=O) groups is 2. The Morgan fingerprint density at radius 1 is 0.958 bits per heavy atom. The van der Waals surface area contributed by atoms with Gasteiger partial charge in [-0.3, -0.25) is 30.4 Å². The minimum atomic E-state index is -0.399. The second kappa shape index (κ2) is 6.91. The highest BCUT2D eigenvalue weighted by Crippen LogP contribution is 2.19. The van der Waals surface area contributed by atoms with Gasteiger partial charge in [0.25, 0.3) is 11.8 Å². The number of pyridine rings is 1. The molecule has 7 heteroatoms. The van der Waals surface area contributed by atoms with Crippen molar-refractivity contribution in [1.82, 2.24) is 15.8 Å². The first-order valence-electron chi connectivity index (χ1n) is 7.56. The van der Waals surface area contributed by atoms with Crippen LogP contribution in [0.3, 0.4) is 0 Å². The van der Waals surface area contributed by atoms with Crippen LogP contribution in [0.2, 0.25) is 0 Å². The van der Waals surface area contributed by atoms with Crippen LogP contribution in [0.4, 0.5) is 5.69 Å². The molecule has 0 bridgehead atoms. The minimum absolute atomic E-state index is 0.384.